The van der Waals surface area contributed by atoms with E-state index in [1.54, 1.807) is 19.9 Å². The van der Waals surface area contributed by atoms with Crippen LogP contribution < -0.4 is 5.32 Å². The van der Waals surface area contributed by atoms with Crippen LogP contribution in [-0.4, -0.2) is 28.6 Å². The van der Waals surface area contributed by atoms with Gasteiger partial charge in [-0.25, -0.2) is 14.8 Å². The monoisotopic (exact) mass is 257 g/mol. The summed E-state index contributed by atoms with van der Waals surface area (Å²) in [5, 5.41) is 3.29. The Kier molecular flexibility index (Phi) is 5.15. The lowest BCUT2D eigenvalue weighted by atomic mass is 10.3. The van der Waals surface area contributed by atoms with Crippen molar-refractivity contribution in [2.45, 2.75) is 33.2 Å². The lowest BCUT2D eigenvalue weighted by molar-refractivity contribution is -0.143. The molecule has 0 radical (unpaired) electrons. The molecule has 0 spiro atoms. The van der Waals surface area contributed by atoms with E-state index in [1.807, 2.05) is 6.92 Å². The van der Waals surface area contributed by atoms with Crippen LogP contribution in [0.1, 0.15) is 26.6 Å². The molecule has 1 N–H and O–H groups in total. The Morgan fingerprint density at radius 1 is 1.53 bits per heavy atom. The van der Waals surface area contributed by atoms with Gasteiger partial charge in [-0.15, -0.1) is 0 Å². The van der Waals surface area contributed by atoms with Crippen molar-refractivity contribution >= 4 is 23.4 Å². The van der Waals surface area contributed by atoms with Crippen molar-refractivity contribution in [2.75, 3.05) is 11.9 Å². The van der Waals surface area contributed by atoms with Crippen LogP contribution in [0.5, 0.6) is 0 Å². The number of ether oxygens (including phenoxy) is 1. The molecule has 0 saturated heterocycles. The van der Waals surface area contributed by atoms with Crippen molar-refractivity contribution in [3.05, 3.63) is 17.0 Å². The van der Waals surface area contributed by atoms with Gasteiger partial charge in [0.15, 0.2) is 0 Å². The van der Waals surface area contributed by atoms with Gasteiger partial charge in [0.05, 0.1) is 6.61 Å². The van der Waals surface area contributed by atoms with Crippen molar-refractivity contribution in [1.82, 2.24) is 9.97 Å². The van der Waals surface area contributed by atoms with Crippen LogP contribution in [0.2, 0.25) is 5.15 Å². The van der Waals surface area contributed by atoms with E-state index in [0.29, 0.717) is 29.8 Å². The molecular weight excluding hydrogens is 242 g/mol. The van der Waals surface area contributed by atoms with Crippen LogP contribution in [0.3, 0.4) is 0 Å². The number of anilines is 1. The first kappa shape index (κ1) is 13.7. The van der Waals surface area contributed by atoms with Gasteiger partial charge in [-0.1, -0.05) is 18.5 Å². The Labute approximate surface area is 106 Å². The molecule has 0 aromatic carbocycles. The first-order chi connectivity index (χ1) is 8.06. The number of halogens is 1. The first-order valence-electron chi connectivity index (χ1n) is 5.53. The molecular formula is C11H16ClN3O2. The Bertz CT molecular complexity index is 398. The number of carbonyl (C=O) groups is 1. The zero-order chi connectivity index (χ0) is 12.8. The molecule has 0 saturated carbocycles. The van der Waals surface area contributed by atoms with E-state index in [-0.39, 0.29) is 5.97 Å². The van der Waals surface area contributed by atoms with Crippen molar-refractivity contribution < 1.29 is 9.53 Å². The number of nitrogens with zero attached hydrogens (tertiary/aromatic N) is 2. The Morgan fingerprint density at radius 2 is 2.24 bits per heavy atom. The molecule has 0 amide bonds. The fourth-order valence-electron chi connectivity index (χ4n) is 1.24. The molecule has 0 bridgehead atoms. The molecule has 1 atom stereocenters. The predicted octanol–water partition coefficient (Wildman–Crippen LogP) is 2.06. The summed E-state index contributed by atoms with van der Waals surface area (Å²) >= 11 is 5.85. The maximum atomic E-state index is 11.4. The van der Waals surface area contributed by atoms with Gasteiger partial charge in [0.25, 0.3) is 0 Å². The first-order valence-corrected chi connectivity index (χ1v) is 5.91. The van der Waals surface area contributed by atoms with Crippen LogP contribution in [0.25, 0.3) is 0 Å². The molecule has 1 rings (SSSR count). The quantitative estimate of drug-likeness (QED) is 0.646. The van der Waals surface area contributed by atoms with Crippen molar-refractivity contribution in [1.29, 1.82) is 0 Å². The summed E-state index contributed by atoms with van der Waals surface area (Å²) in [5.74, 6) is 0.846. The summed E-state index contributed by atoms with van der Waals surface area (Å²) in [4.78, 5) is 19.7. The molecule has 1 aromatic heterocycles. The van der Waals surface area contributed by atoms with E-state index in [2.05, 4.69) is 15.3 Å². The number of aromatic nitrogens is 2. The van der Waals surface area contributed by atoms with Crippen molar-refractivity contribution in [3.8, 4) is 0 Å². The molecule has 94 valence electrons. The largest absolute Gasteiger partial charge is 0.464 e. The average molecular weight is 258 g/mol. The minimum absolute atomic E-state index is 0.319. The molecule has 1 heterocycles. The highest BCUT2D eigenvalue weighted by Crippen LogP contribution is 2.13. The summed E-state index contributed by atoms with van der Waals surface area (Å²) in [6.45, 7) is 5.76. The van der Waals surface area contributed by atoms with E-state index >= 15 is 0 Å². The molecule has 0 fully saturated rings. The minimum Gasteiger partial charge on any atom is -0.464 e. The number of hydrogen-bond acceptors (Lipinski definition) is 5. The number of carbonyl (C=O) groups excluding carboxylic acids is 1. The van der Waals surface area contributed by atoms with Gasteiger partial charge in [0.1, 0.15) is 22.8 Å². The van der Waals surface area contributed by atoms with E-state index in [4.69, 9.17) is 16.3 Å². The minimum atomic E-state index is -0.467. The SMILES string of the molecule is CCOC(=O)C(C)Nc1cc(Cl)nc(CC)n1. The van der Waals surface area contributed by atoms with E-state index in [0.717, 1.165) is 0 Å². The topological polar surface area (TPSA) is 64.1 Å². The van der Waals surface area contributed by atoms with Gasteiger partial charge in [-0.3, -0.25) is 0 Å². The number of rotatable bonds is 5. The lowest BCUT2D eigenvalue weighted by Gasteiger charge is -2.13. The molecule has 0 aliphatic heterocycles. The summed E-state index contributed by atoms with van der Waals surface area (Å²) in [7, 11) is 0. The van der Waals surface area contributed by atoms with Gasteiger partial charge in [0, 0.05) is 12.5 Å². The fraction of sp³-hybridized carbons (Fsp3) is 0.545. The summed E-state index contributed by atoms with van der Waals surface area (Å²) in [5.41, 5.74) is 0. The lowest BCUT2D eigenvalue weighted by Crippen LogP contribution is -2.28. The van der Waals surface area contributed by atoms with Crippen molar-refractivity contribution in [2.24, 2.45) is 0 Å². The molecule has 0 aliphatic carbocycles. The smallest absolute Gasteiger partial charge is 0.328 e. The van der Waals surface area contributed by atoms with Gasteiger partial charge < -0.3 is 10.1 Å². The Morgan fingerprint density at radius 3 is 2.82 bits per heavy atom. The molecule has 5 nitrogen and oxygen atoms in total. The number of nitrogens with one attached hydrogen (secondary N) is 1. The van der Waals surface area contributed by atoms with E-state index in [9.17, 15) is 4.79 Å². The highest BCUT2D eigenvalue weighted by molar-refractivity contribution is 6.29. The zero-order valence-electron chi connectivity index (χ0n) is 10.2. The van der Waals surface area contributed by atoms with Crippen LogP contribution in [0, 0.1) is 0 Å². The molecule has 17 heavy (non-hydrogen) atoms. The van der Waals surface area contributed by atoms with Crippen LogP contribution in [0.15, 0.2) is 6.07 Å². The molecule has 0 aliphatic rings. The van der Waals surface area contributed by atoms with Crippen molar-refractivity contribution in [3.63, 3.8) is 0 Å². The number of aryl methyl sites for hydroxylation is 1. The van der Waals surface area contributed by atoms with Gasteiger partial charge in [0.2, 0.25) is 0 Å². The summed E-state index contributed by atoms with van der Waals surface area (Å²) < 4.78 is 4.88. The highest BCUT2D eigenvalue weighted by atomic mass is 35.5. The standard InChI is InChI=1S/C11H16ClN3O2/c1-4-9-14-8(12)6-10(15-9)13-7(3)11(16)17-5-2/h6-7H,4-5H2,1-3H3,(H,13,14,15). The molecule has 1 aromatic rings. The Hall–Kier alpha value is -1.36. The third-order valence-corrected chi connectivity index (χ3v) is 2.26. The van der Waals surface area contributed by atoms with Gasteiger partial charge >= 0.3 is 5.97 Å². The number of esters is 1. The van der Waals surface area contributed by atoms with Crippen LogP contribution in [-0.2, 0) is 16.0 Å². The van der Waals surface area contributed by atoms with E-state index < -0.39 is 6.04 Å². The second-order valence-electron chi connectivity index (χ2n) is 3.46. The molecule has 1 unspecified atom stereocenters. The third-order valence-electron chi connectivity index (χ3n) is 2.06. The van der Waals surface area contributed by atoms with Gasteiger partial charge in [-0.2, -0.15) is 0 Å². The third kappa shape index (κ3) is 4.19. The normalized spacial score (nSPS) is 12.0. The zero-order valence-corrected chi connectivity index (χ0v) is 10.9. The fourth-order valence-corrected chi connectivity index (χ4v) is 1.45. The maximum absolute atomic E-state index is 11.4. The number of hydrogen-bond donors (Lipinski definition) is 1. The predicted molar refractivity (Wildman–Crippen MR) is 66.1 cm³/mol. The average Bonchev–Trinajstić information content (AvgIpc) is 2.28. The van der Waals surface area contributed by atoms with Gasteiger partial charge in [-0.05, 0) is 13.8 Å². The second-order valence-corrected chi connectivity index (χ2v) is 3.85. The Balaban J connectivity index is 2.73. The summed E-state index contributed by atoms with van der Waals surface area (Å²) in [6, 6.07) is 1.11. The molecule has 6 heteroatoms. The second kappa shape index (κ2) is 6.39. The van der Waals surface area contributed by atoms with Crippen LogP contribution in [0.4, 0.5) is 5.82 Å². The van der Waals surface area contributed by atoms with Crippen LogP contribution >= 0.6 is 11.6 Å². The van der Waals surface area contributed by atoms with E-state index in [1.165, 1.54) is 0 Å². The maximum Gasteiger partial charge on any atom is 0.328 e. The summed E-state index contributed by atoms with van der Waals surface area (Å²) in [6.07, 6.45) is 0.684. The highest BCUT2D eigenvalue weighted by Gasteiger charge is 2.14.